The third-order valence-corrected chi connectivity index (χ3v) is 16.7. The smallest absolute Gasteiger partial charge is 0.331 e. The molecule has 8 nitrogen and oxygen atoms in total. The Balaban J connectivity index is 1.10. The van der Waals surface area contributed by atoms with Crippen molar-refractivity contribution in [3.05, 3.63) is 71.3 Å². The Bertz CT molecular complexity index is 1960. The van der Waals surface area contributed by atoms with Crippen molar-refractivity contribution in [3.8, 4) is 23.0 Å². The fourth-order valence-electron chi connectivity index (χ4n) is 13.1. The molecule has 0 saturated heterocycles. The van der Waals surface area contributed by atoms with Crippen LogP contribution in [0.2, 0.25) is 0 Å². The van der Waals surface area contributed by atoms with Gasteiger partial charge in [-0.15, -0.1) is 0 Å². The largest absolute Gasteiger partial charge is 0.504 e. The van der Waals surface area contributed by atoms with E-state index in [0.717, 1.165) is 57.8 Å². The monoisotopic (exact) mass is 766 g/mol. The summed E-state index contributed by atoms with van der Waals surface area (Å²) in [5.74, 6) is 0.632. The van der Waals surface area contributed by atoms with E-state index in [-0.39, 0.29) is 56.2 Å². The number of esters is 2. The van der Waals surface area contributed by atoms with Crippen molar-refractivity contribution >= 4 is 24.1 Å². The molecule has 0 amide bonds. The summed E-state index contributed by atoms with van der Waals surface area (Å²) in [6, 6.07) is 8.94. The van der Waals surface area contributed by atoms with Gasteiger partial charge in [0.2, 0.25) is 0 Å². The van der Waals surface area contributed by atoms with Crippen LogP contribution < -0.4 is 0 Å². The number of carbonyl (C=O) groups excluding carboxylic acids is 2. The lowest BCUT2D eigenvalue weighted by molar-refractivity contribution is -0.213. The third-order valence-electron chi connectivity index (χ3n) is 16.7. The minimum Gasteiger partial charge on any atom is -0.504 e. The lowest BCUT2D eigenvalue weighted by atomic mass is 9.33. The second kappa shape index (κ2) is 14.3. The van der Waals surface area contributed by atoms with E-state index in [1.807, 2.05) is 0 Å². The topological polar surface area (TPSA) is 134 Å². The first-order valence-electron chi connectivity index (χ1n) is 20.8. The summed E-state index contributed by atoms with van der Waals surface area (Å²) in [5.41, 5.74) is 2.71. The summed E-state index contributed by atoms with van der Waals surface area (Å²) in [6.07, 6.45) is 17.8. The van der Waals surface area contributed by atoms with E-state index in [0.29, 0.717) is 47.3 Å². The number of ether oxygens (including phenoxy) is 2. The van der Waals surface area contributed by atoms with Crippen LogP contribution >= 0.6 is 0 Å². The predicted octanol–water partition coefficient (Wildman–Crippen LogP) is 10.3. The van der Waals surface area contributed by atoms with Crippen molar-refractivity contribution < 1.29 is 39.5 Å². The van der Waals surface area contributed by atoms with E-state index in [1.54, 1.807) is 29.9 Å². The summed E-state index contributed by atoms with van der Waals surface area (Å²) in [6.45, 7) is 17.5. The molecule has 56 heavy (non-hydrogen) atoms. The van der Waals surface area contributed by atoms with Gasteiger partial charge in [0.15, 0.2) is 23.0 Å². The highest BCUT2D eigenvalue weighted by Crippen LogP contribution is 2.76. The maximum atomic E-state index is 13.2. The summed E-state index contributed by atoms with van der Waals surface area (Å²) in [4.78, 5) is 26.3. The van der Waals surface area contributed by atoms with Gasteiger partial charge in [-0.1, -0.05) is 72.2 Å². The van der Waals surface area contributed by atoms with Crippen molar-refractivity contribution in [2.45, 2.75) is 112 Å². The Morgan fingerprint density at radius 2 is 1.36 bits per heavy atom. The van der Waals surface area contributed by atoms with Gasteiger partial charge < -0.3 is 29.9 Å². The fourth-order valence-corrected chi connectivity index (χ4v) is 13.1. The molecular weight excluding hydrogens is 705 g/mol. The van der Waals surface area contributed by atoms with Crippen molar-refractivity contribution in [3.63, 3.8) is 0 Å². The number of phenolic OH excluding ortho intramolecular Hbond substituents is 4. The molecule has 0 heterocycles. The quantitative estimate of drug-likeness (QED) is 0.0947. The summed E-state index contributed by atoms with van der Waals surface area (Å²) in [7, 11) is 0. The number of benzene rings is 2. The van der Waals surface area contributed by atoms with E-state index in [9.17, 15) is 30.0 Å². The van der Waals surface area contributed by atoms with Gasteiger partial charge >= 0.3 is 11.9 Å². The van der Waals surface area contributed by atoms with Crippen LogP contribution in [0, 0.1) is 56.7 Å². The highest BCUT2D eigenvalue weighted by atomic mass is 16.5. The summed E-state index contributed by atoms with van der Waals surface area (Å²) in [5, 5.41) is 39.0. The van der Waals surface area contributed by atoms with Crippen LogP contribution in [0.25, 0.3) is 12.2 Å². The molecule has 0 aromatic heterocycles. The lowest BCUT2D eigenvalue weighted by Gasteiger charge is -2.71. The molecule has 4 fully saturated rings. The fraction of sp³-hybridized carbons (Fsp3) is 0.583. The second-order valence-corrected chi connectivity index (χ2v) is 19.6. The highest BCUT2D eigenvalue weighted by molar-refractivity contribution is 5.88. The molecule has 5 aliphatic carbocycles. The van der Waals surface area contributed by atoms with E-state index in [4.69, 9.17) is 9.47 Å². The van der Waals surface area contributed by atoms with Crippen LogP contribution in [0.15, 0.2) is 60.2 Å². The van der Waals surface area contributed by atoms with Gasteiger partial charge in [0.25, 0.3) is 0 Å². The number of fused-ring (bicyclic) bond motifs is 7. The van der Waals surface area contributed by atoms with Gasteiger partial charge in [-0.2, -0.15) is 0 Å². The van der Waals surface area contributed by atoms with Crippen molar-refractivity contribution in [1.29, 1.82) is 0 Å². The lowest BCUT2D eigenvalue weighted by Crippen LogP contribution is -2.65. The average Bonchev–Trinajstić information content (AvgIpc) is 3.15. The summed E-state index contributed by atoms with van der Waals surface area (Å²) >= 11 is 0. The van der Waals surface area contributed by atoms with Crippen LogP contribution in [0.1, 0.15) is 117 Å². The number of phenols is 4. The summed E-state index contributed by atoms with van der Waals surface area (Å²) < 4.78 is 12.3. The molecule has 302 valence electrons. The second-order valence-electron chi connectivity index (χ2n) is 19.6. The Morgan fingerprint density at radius 3 is 1.98 bits per heavy atom. The van der Waals surface area contributed by atoms with Crippen molar-refractivity contribution in [2.75, 3.05) is 6.61 Å². The molecule has 8 heteroatoms. The molecule has 7 rings (SSSR count). The van der Waals surface area contributed by atoms with Crippen LogP contribution in [0.3, 0.4) is 0 Å². The molecule has 0 bridgehead atoms. The van der Waals surface area contributed by atoms with Crippen LogP contribution in [0.5, 0.6) is 23.0 Å². The van der Waals surface area contributed by atoms with Gasteiger partial charge in [-0.05, 0) is 151 Å². The molecule has 0 aliphatic heterocycles. The van der Waals surface area contributed by atoms with Gasteiger partial charge in [0.1, 0.15) is 6.10 Å². The molecule has 5 aliphatic rings. The average molecular weight is 767 g/mol. The zero-order valence-corrected chi connectivity index (χ0v) is 34.3. The zero-order valence-electron chi connectivity index (χ0n) is 34.3. The van der Waals surface area contributed by atoms with E-state index in [1.165, 1.54) is 36.4 Å². The van der Waals surface area contributed by atoms with Gasteiger partial charge in [-0.3, -0.25) is 0 Å². The van der Waals surface area contributed by atoms with Crippen LogP contribution in [-0.4, -0.2) is 45.1 Å². The minimum atomic E-state index is -0.390. The SMILES string of the molecule is C[C@H]1[C@H](C)CC[C@]2(COC(=O)/C=C/c3ccc(O)c(O)c3)CC[C@]3(C)C(=CC[C@@H]4[C@@]5(C)CC[C@H](OC(=O)/C=C/c6ccc(O)c(O)c6)C(C)(C)[C@@H]5CC[C@]43C)[C@H]12. The Morgan fingerprint density at radius 1 is 0.732 bits per heavy atom. The van der Waals surface area contributed by atoms with Crippen molar-refractivity contribution in [1.82, 2.24) is 0 Å². The number of allylic oxidation sites excluding steroid dienone is 2. The van der Waals surface area contributed by atoms with E-state index < -0.39 is 11.9 Å². The minimum absolute atomic E-state index is 0.0229. The Kier molecular flexibility index (Phi) is 10.2. The zero-order chi connectivity index (χ0) is 40.4. The Labute approximate surface area is 332 Å². The first-order chi connectivity index (χ1) is 26.3. The molecule has 4 N–H and O–H groups in total. The maximum Gasteiger partial charge on any atom is 0.331 e. The molecule has 2 aromatic rings. The Hall–Kier alpha value is -4.20. The highest BCUT2D eigenvalue weighted by Gasteiger charge is 2.69. The van der Waals surface area contributed by atoms with Crippen LogP contribution in [0.4, 0.5) is 0 Å². The van der Waals surface area contributed by atoms with E-state index in [2.05, 4.69) is 54.5 Å². The molecule has 0 radical (unpaired) electrons. The molecule has 2 aromatic carbocycles. The molecule has 4 saturated carbocycles. The first-order valence-corrected chi connectivity index (χ1v) is 20.8. The molecule has 10 atom stereocenters. The number of carbonyl (C=O) groups is 2. The number of hydrogen-bond acceptors (Lipinski definition) is 8. The van der Waals surface area contributed by atoms with Gasteiger partial charge in [-0.25, -0.2) is 9.59 Å². The number of hydrogen-bond donors (Lipinski definition) is 4. The van der Waals surface area contributed by atoms with Crippen LogP contribution in [-0.2, 0) is 19.1 Å². The third kappa shape index (κ3) is 6.53. The molecule has 0 unspecified atom stereocenters. The maximum absolute atomic E-state index is 13.2. The van der Waals surface area contributed by atoms with Gasteiger partial charge in [0.05, 0.1) is 6.61 Å². The molecular formula is C48H62O8. The normalized spacial score (nSPS) is 37.4. The molecule has 0 spiro atoms. The van der Waals surface area contributed by atoms with E-state index >= 15 is 0 Å². The first kappa shape index (κ1) is 40.0. The van der Waals surface area contributed by atoms with Crippen molar-refractivity contribution in [2.24, 2.45) is 56.7 Å². The number of rotatable bonds is 7. The van der Waals surface area contributed by atoms with Gasteiger partial charge in [0, 0.05) is 23.0 Å². The predicted molar refractivity (Wildman–Crippen MR) is 217 cm³/mol. The standard InChI is InChI=1S/C48H62O8/c1-29-18-23-48(28-55-41(53)16-10-31-8-13-34(49)36(51)26-31)25-24-46(6)33(43(48)30(29)2)12-15-39-45(5)21-20-40(44(3,4)38(45)19-22-47(39,46)7)56-42(54)17-11-32-9-14-35(50)37(52)27-32/h8-14,16-17,26-27,29-30,38-40,43,49-52H,15,18-25,28H2,1-7H3/b16-10+,17-11+/t29-,30+,38+,39-,40+,43+,45+,46-,47-,48-/m1/s1. The number of aromatic hydroxyl groups is 4.